The van der Waals surface area contributed by atoms with E-state index in [0.717, 1.165) is 19.3 Å². The lowest BCUT2D eigenvalue weighted by atomic mass is 10.1. The van der Waals surface area contributed by atoms with Crippen LogP contribution in [0.15, 0.2) is 0 Å². The summed E-state index contributed by atoms with van der Waals surface area (Å²) in [5.41, 5.74) is 0. The molecule has 3 nitrogen and oxygen atoms in total. The van der Waals surface area contributed by atoms with Gasteiger partial charge in [-0.25, -0.2) is 0 Å². The molecule has 1 atom stereocenters. The van der Waals surface area contributed by atoms with Crippen LogP contribution in [0.25, 0.3) is 0 Å². The van der Waals surface area contributed by atoms with Crippen molar-refractivity contribution in [3.8, 4) is 0 Å². The van der Waals surface area contributed by atoms with E-state index in [0.29, 0.717) is 6.42 Å². The second-order valence-corrected chi connectivity index (χ2v) is 3.20. The van der Waals surface area contributed by atoms with Crippen LogP contribution in [-0.2, 0) is 0 Å². The molecule has 0 bridgehead atoms. The van der Waals surface area contributed by atoms with Crippen molar-refractivity contribution in [1.82, 2.24) is 0 Å². The number of nitro groups is 1. The molecule has 0 aliphatic rings. The maximum absolute atomic E-state index is 10.4. The molecule has 0 aromatic carbocycles. The Kier molecular flexibility index (Phi) is 6.72. The van der Waals surface area contributed by atoms with Crippen molar-refractivity contribution in [3.05, 3.63) is 10.1 Å². The van der Waals surface area contributed by atoms with Gasteiger partial charge in [0.2, 0.25) is 6.04 Å². The van der Waals surface area contributed by atoms with E-state index < -0.39 is 0 Å². The lowest BCUT2D eigenvalue weighted by Crippen LogP contribution is -2.17. The molecule has 0 aliphatic carbocycles. The molecule has 0 aromatic rings. The van der Waals surface area contributed by atoms with Gasteiger partial charge < -0.3 is 0 Å². The summed E-state index contributed by atoms with van der Waals surface area (Å²) in [6.07, 6.45) is 5.96. The van der Waals surface area contributed by atoms with Gasteiger partial charge in [-0.1, -0.05) is 33.1 Å². The molecule has 12 heavy (non-hydrogen) atoms. The number of nitrogens with zero attached hydrogens (tertiary/aromatic N) is 1. The second kappa shape index (κ2) is 7.07. The van der Waals surface area contributed by atoms with Crippen LogP contribution in [0.1, 0.15) is 52.4 Å². The molecule has 0 saturated carbocycles. The molecule has 0 N–H and O–H groups in total. The Labute approximate surface area is 74.3 Å². The van der Waals surface area contributed by atoms with Gasteiger partial charge in [-0.15, -0.1) is 0 Å². The van der Waals surface area contributed by atoms with Crippen molar-refractivity contribution >= 4 is 0 Å². The molecule has 3 heteroatoms. The first-order chi connectivity index (χ1) is 5.72. The smallest absolute Gasteiger partial charge is 0.212 e. The van der Waals surface area contributed by atoms with E-state index in [4.69, 9.17) is 0 Å². The Hall–Kier alpha value is -0.600. The molecule has 0 radical (unpaired) electrons. The van der Waals surface area contributed by atoms with Crippen LogP contribution >= 0.6 is 0 Å². The maximum atomic E-state index is 10.4. The van der Waals surface area contributed by atoms with Crippen molar-refractivity contribution in [2.75, 3.05) is 0 Å². The van der Waals surface area contributed by atoms with E-state index in [-0.39, 0.29) is 11.0 Å². The number of rotatable bonds is 7. The SMILES string of the molecule is CCCCCCC(CC)[N+](=O)[O-]. The first-order valence-corrected chi connectivity index (χ1v) is 4.85. The number of unbranched alkanes of at least 4 members (excludes halogenated alkanes) is 3. The van der Waals surface area contributed by atoms with Crippen LogP contribution in [-0.4, -0.2) is 11.0 Å². The van der Waals surface area contributed by atoms with E-state index >= 15 is 0 Å². The quantitative estimate of drug-likeness (QED) is 0.337. The summed E-state index contributed by atoms with van der Waals surface area (Å²) in [4.78, 5) is 10.3. The van der Waals surface area contributed by atoms with Crippen LogP contribution in [0.3, 0.4) is 0 Å². The molecular weight excluding hydrogens is 154 g/mol. The first-order valence-electron chi connectivity index (χ1n) is 4.85. The van der Waals surface area contributed by atoms with Gasteiger partial charge >= 0.3 is 0 Å². The van der Waals surface area contributed by atoms with E-state index in [1.165, 1.54) is 12.8 Å². The highest BCUT2D eigenvalue weighted by molar-refractivity contribution is 4.54. The topological polar surface area (TPSA) is 43.1 Å². The Balaban J connectivity index is 3.38. The Bertz CT molecular complexity index is 126. The van der Waals surface area contributed by atoms with Gasteiger partial charge in [0, 0.05) is 17.8 Å². The van der Waals surface area contributed by atoms with Crippen molar-refractivity contribution in [1.29, 1.82) is 0 Å². The van der Waals surface area contributed by atoms with E-state index in [1.54, 1.807) is 0 Å². The average Bonchev–Trinajstić information content (AvgIpc) is 2.04. The molecule has 1 unspecified atom stereocenters. The van der Waals surface area contributed by atoms with Gasteiger partial charge in [0.25, 0.3) is 0 Å². The molecule has 0 rings (SSSR count). The van der Waals surface area contributed by atoms with Crippen molar-refractivity contribution < 1.29 is 4.92 Å². The zero-order chi connectivity index (χ0) is 9.40. The third-order valence-electron chi connectivity index (χ3n) is 2.16. The van der Waals surface area contributed by atoms with E-state index in [2.05, 4.69) is 6.92 Å². The van der Waals surface area contributed by atoms with E-state index in [1.807, 2.05) is 6.92 Å². The molecule has 0 fully saturated rings. The fourth-order valence-corrected chi connectivity index (χ4v) is 1.27. The number of hydrogen-bond acceptors (Lipinski definition) is 2. The summed E-state index contributed by atoms with van der Waals surface area (Å²) in [6.45, 7) is 4.03. The molecule has 0 aliphatic heterocycles. The minimum Gasteiger partial charge on any atom is -0.264 e. The van der Waals surface area contributed by atoms with Crippen LogP contribution in [0.4, 0.5) is 0 Å². The largest absolute Gasteiger partial charge is 0.264 e. The van der Waals surface area contributed by atoms with Crippen molar-refractivity contribution in [3.63, 3.8) is 0 Å². The Morgan fingerprint density at radius 3 is 2.33 bits per heavy atom. The van der Waals surface area contributed by atoms with Gasteiger partial charge in [0.1, 0.15) is 0 Å². The van der Waals surface area contributed by atoms with Crippen LogP contribution in [0, 0.1) is 10.1 Å². The van der Waals surface area contributed by atoms with Gasteiger partial charge in [0.05, 0.1) is 0 Å². The van der Waals surface area contributed by atoms with Crippen LogP contribution in [0.2, 0.25) is 0 Å². The zero-order valence-electron chi connectivity index (χ0n) is 8.08. The lowest BCUT2D eigenvalue weighted by Gasteiger charge is -2.05. The predicted octanol–water partition coefficient (Wildman–Crippen LogP) is 3.01. The average molecular weight is 173 g/mol. The molecule has 0 aromatic heterocycles. The minimum atomic E-state index is -0.304. The highest BCUT2D eigenvalue weighted by atomic mass is 16.6. The third kappa shape index (κ3) is 5.10. The molecule has 0 amide bonds. The standard InChI is InChI=1S/C9H19NO2/c1-3-5-6-7-8-9(4-2)10(11)12/h9H,3-8H2,1-2H3. The Morgan fingerprint density at radius 2 is 1.92 bits per heavy atom. The van der Waals surface area contributed by atoms with Crippen molar-refractivity contribution in [2.45, 2.75) is 58.4 Å². The lowest BCUT2D eigenvalue weighted by molar-refractivity contribution is -0.523. The number of hydrogen-bond donors (Lipinski definition) is 0. The highest BCUT2D eigenvalue weighted by Crippen LogP contribution is 2.09. The van der Waals surface area contributed by atoms with Gasteiger partial charge in [-0.3, -0.25) is 10.1 Å². The fraction of sp³-hybridized carbons (Fsp3) is 1.00. The summed E-state index contributed by atoms with van der Waals surface area (Å²) in [6, 6.07) is -0.304. The molecule has 72 valence electrons. The molecule has 0 heterocycles. The third-order valence-corrected chi connectivity index (χ3v) is 2.16. The maximum Gasteiger partial charge on any atom is 0.212 e. The summed E-state index contributed by atoms with van der Waals surface area (Å²) in [7, 11) is 0. The minimum absolute atomic E-state index is 0.147. The first kappa shape index (κ1) is 11.4. The summed E-state index contributed by atoms with van der Waals surface area (Å²) in [5.74, 6) is 0. The summed E-state index contributed by atoms with van der Waals surface area (Å²) in [5, 5.41) is 10.4. The highest BCUT2D eigenvalue weighted by Gasteiger charge is 2.15. The van der Waals surface area contributed by atoms with Gasteiger partial charge in [-0.05, 0) is 6.42 Å². The fourth-order valence-electron chi connectivity index (χ4n) is 1.27. The second-order valence-electron chi connectivity index (χ2n) is 3.20. The monoisotopic (exact) mass is 173 g/mol. The van der Waals surface area contributed by atoms with E-state index in [9.17, 15) is 10.1 Å². The summed E-state index contributed by atoms with van der Waals surface area (Å²) < 4.78 is 0. The van der Waals surface area contributed by atoms with Gasteiger partial charge in [-0.2, -0.15) is 0 Å². The summed E-state index contributed by atoms with van der Waals surface area (Å²) >= 11 is 0. The van der Waals surface area contributed by atoms with Crippen molar-refractivity contribution in [2.24, 2.45) is 0 Å². The van der Waals surface area contributed by atoms with Crippen LogP contribution in [0.5, 0.6) is 0 Å². The van der Waals surface area contributed by atoms with Gasteiger partial charge in [0.15, 0.2) is 0 Å². The predicted molar refractivity (Wildman–Crippen MR) is 49.8 cm³/mol. The normalized spacial score (nSPS) is 12.8. The molecule has 0 saturated heterocycles. The zero-order valence-corrected chi connectivity index (χ0v) is 8.08. The Morgan fingerprint density at radius 1 is 1.25 bits per heavy atom. The van der Waals surface area contributed by atoms with Crippen LogP contribution < -0.4 is 0 Å². The molecule has 0 spiro atoms. The molecular formula is C9H19NO2.